The van der Waals surface area contributed by atoms with Crippen molar-refractivity contribution in [3.8, 4) is 0 Å². The van der Waals surface area contributed by atoms with E-state index in [4.69, 9.17) is 0 Å². The number of nitrogens with one attached hydrogen (secondary N) is 1. The van der Waals surface area contributed by atoms with Gasteiger partial charge >= 0.3 is 0 Å². The van der Waals surface area contributed by atoms with E-state index in [-0.39, 0.29) is 11.0 Å². The van der Waals surface area contributed by atoms with E-state index in [9.17, 15) is 19.3 Å². The third-order valence-electron chi connectivity index (χ3n) is 3.27. The molecule has 2 rings (SSSR count). The second kappa shape index (κ2) is 6.12. The van der Waals surface area contributed by atoms with E-state index in [0.29, 0.717) is 5.69 Å². The lowest BCUT2D eigenvalue weighted by molar-refractivity contribution is -0.385. The fourth-order valence-corrected chi connectivity index (χ4v) is 1.92. The van der Waals surface area contributed by atoms with Crippen molar-refractivity contribution in [3.63, 3.8) is 0 Å². The van der Waals surface area contributed by atoms with Crippen LogP contribution in [0.3, 0.4) is 0 Å². The quantitative estimate of drug-likeness (QED) is 0.691. The third-order valence-corrected chi connectivity index (χ3v) is 3.27. The van der Waals surface area contributed by atoms with Gasteiger partial charge in [0.2, 0.25) is 0 Å². The molecule has 1 N–H and O–H groups in total. The van der Waals surface area contributed by atoms with E-state index < -0.39 is 22.3 Å². The number of anilines is 1. The minimum absolute atomic E-state index is 0.146. The zero-order valence-electron chi connectivity index (χ0n) is 13.0. The predicted octanol–water partition coefficient (Wildman–Crippen LogP) is 3.68. The summed E-state index contributed by atoms with van der Waals surface area (Å²) in [4.78, 5) is 26.1. The topological polar surface area (TPSA) is 85.1 Å². The van der Waals surface area contributed by atoms with Crippen molar-refractivity contribution < 1.29 is 14.1 Å². The Labute approximate surface area is 132 Å². The fourth-order valence-electron chi connectivity index (χ4n) is 1.92. The van der Waals surface area contributed by atoms with Gasteiger partial charge in [0.1, 0.15) is 5.82 Å². The predicted molar refractivity (Wildman–Crippen MR) is 83.9 cm³/mol. The number of aromatic nitrogens is 1. The Morgan fingerprint density at radius 1 is 1.26 bits per heavy atom. The van der Waals surface area contributed by atoms with E-state index in [0.717, 1.165) is 23.8 Å². The lowest BCUT2D eigenvalue weighted by Gasteiger charge is -2.19. The van der Waals surface area contributed by atoms with Gasteiger partial charge in [-0.1, -0.05) is 20.8 Å². The average Bonchev–Trinajstić information content (AvgIpc) is 2.46. The van der Waals surface area contributed by atoms with Gasteiger partial charge in [-0.2, -0.15) is 0 Å². The second-order valence-corrected chi connectivity index (χ2v) is 6.09. The first-order chi connectivity index (χ1) is 10.7. The molecule has 0 fully saturated rings. The van der Waals surface area contributed by atoms with Crippen LogP contribution in [0.15, 0.2) is 36.7 Å². The van der Waals surface area contributed by atoms with Crippen molar-refractivity contribution in [2.45, 2.75) is 26.2 Å². The van der Waals surface area contributed by atoms with Crippen LogP contribution in [0.2, 0.25) is 0 Å². The van der Waals surface area contributed by atoms with E-state index in [2.05, 4.69) is 10.3 Å². The fraction of sp³-hybridized carbons (Fsp3) is 0.250. The molecular weight excluding hydrogens is 301 g/mol. The molecule has 0 radical (unpaired) electrons. The number of pyridine rings is 1. The number of non-ortho nitro benzene ring substituents is 1. The lowest BCUT2D eigenvalue weighted by atomic mass is 9.88. The summed E-state index contributed by atoms with van der Waals surface area (Å²) in [7, 11) is 0. The molecule has 0 aliphatic carbocycles. The zero-order chi connectivity index (χ0) is 17.2. The molecule has 7 heteroatoms. The van der Waals surface area contributed by atoms with Gasteiger partial charge in [-0.15, -0.1) is 0 Å². The summed E-state index contributed by atoms with van der Waals surface area (Å²) < 4.78 is 13.9. The van der Waals surface area contributed by atoms with E-state index >= 15 is 0 Å². The molecule has 0 spiro atoms. The lowest BCUT2D eigenvalue weighted by Crippen LogP contribution is -2.16. The summed E-state index contributed by atoms with van der Waals surface area (Å²) in [6, 6.07) is 4.65. The highest BCUT2D eigenvalue weighted by Gasteiger charge is 2.18. The maximum atomic E-state index is 13.9. The first-order valence-electron chi connectivity index (χ1n) is 6.89. The summed E-state index contributed by atoms with van der Waals surface area (Å²) in [6.45, 7) is 6.02. The first kappa shape index (κ1) is 16.5. The molecule has 120 valence electrons. The normalized spacial score (nSPS) is 11.1. The Kier molecular flexibility index (Phi) is 4.40. The highest BCUT2D eigenvalue weighted by Crippen LogP contribution is 2.24. The summed E-state index contributed by atoms with van der Waals surface area (Å²) in [5.41, 5.74) is 0.527. The van der Waals surface area contributed by atoms with Gasteiger partial charge in [0, 0.05) is 12.3 Å². The standard InChI is InChI=1S/C16H16FN3O3/c1-16(2,3)10-6-11(9-18-8-10)19-15(21)13-5-4-12(20(22)23)7-14(13)17/h4-9H,1-3H3,(H,19,21). The summed E-state index contributed by atoms with van der Waals surface area (Å²) in [5.74, 6) is -1.64. The Morgan fingerprint density at radius 2 is 1.96 bits per heavy atom. The number of nitro groups is 1. The number of benzene rings is 1. The Bertz CT molecular complexity index is 769. The molecule has 2 aromatic rings. The van der Waals surface area contributed by atoms with Crippen LogP contribution in [-0.2, 0) is 5.41 Å². The Balaban J connectivity index is 2.24. The summed E-state index contributed by atoms with van der Waals surface area (Å²) >= 11 is 0. The molecular formula is C16H16FN3O3. The zero-order valence-corrected chi connectivity index (χ0v) is 13.0. The largest absolute Gasteiger partial charge is 0.320 e. The van der Waals surface area contributed by atoms with Crippen molar-refractivity contribution in [3.05, 3.63) is 63.7 Å². The molecule has 0 saturated heterocycles. The Morgan fingerprint density at radius 3 is 2.52 bits per heavy atom. The first-order valence-corrected chi connectivity index (χ1v) is 6.89. The number of nitro benzene ring substituents is 1. The monoisotopic (exact) mass is 317 g/mol. The number of carbonyl (C=O) groups excluding carboxylic acids is 1. The van der Waals surface area contributed by atoms with Gasteiger partial charge in [-0.3, -0.25) is 19.9 Å². The second-order valence-electron chi connectivity index (χ2n) is 6.09. The molecule has 0 aliphatic rings. The minimum atomic E-state index is -0.948. The number of halogens is 1. The number of hydrogen-bond donors (Lipinski definition) is 1. The van der Waals surface area contributed by atoms with Crippen molar-refractivity contribution in [1.29, 1.82) is 0 Å². The van der Waals surface area contributed by atoms with Crippen LogP contribution < -0.4 is 5.32 Å². The van der Waals surface area contributed by atoms with Gasteiger partial charge in [0.05, 0.1) is 28.4 Å². The maximum absolute atomic E-state index is 13.9. The number of hydrogen-bond acceptors (Lipinski definition) is 4. The minimum Gasteiger partial charge on any atom is -0.320 e. The van der Waals surface area contributed by atoms with Crippen LogP contribution in [0.5, 0.6) is 0 Å². The molecule has 1 amide bonds. The van der Waals surface area contributed by atoms with Crippen LogP contribution in [0.1, 0.15) is 36.7 Å². The summed E-state index contributed by atoms with van der Waals surface area (Å²) in [5, 5.41) is 13.1. The van der Waals surface area contributed by atoms with Crippen LogP contribution in [0.4, 0.5) is 15.8 Å². The number of carbonyl (C=O) groups is 1. The van der Waals surface area contributed by atoms with Gasteiger partial charge in [0.15, 0.2) is 0 Å². The van der Waals surface area contributed by atoms with Crippen molar-refractivity contribution >= 4 is 17.3 Å². The van der Waals surface area contributed by atoms with Crippen molar-refractivity contribution in [1.82, 2.24) is 4.98 Å². The highest BCUT2D eigenvalue weighted by molar-refractivity contribution is 6.04. The van der Waals surface area contributed by atoms with Crippen LogP contribution in [0.25, 0.3) is 0 Å². The molecule has 0 saturated carbocycles. The molecule has 0 bridgehead atoms. The molecule has 1 heterocycles. The smallest absolute Gasteiger partial charge is 0.272 e. The molecule has 1 aromatic carbocycles. The van der Waals surface area contributed by atoms with Crippen molar-refractivity contribution in [2.24, 2.45) is 0 Å². The van der Waals surface area contributed by atoms with E-state index in [1.165, 1.54) is 6.20 Å². The molecule has 23 heavy (non-hydrogen) atoms. The van der Waals surface area contributed by atoms with Crippen LogP contribution >= 0.6 is 0 Å². The van der Waals surface area contributed by atoms with E-state index in [1.54, 1.807) is 12.3 Å². The van der Waals surface area contributed by atoms with Crippen LogP contribution in [0, 0.1) is 15.9 Å². The molecule has 1 aromatic heterocycles. The van der Waals surface area contributed by atoms with Gasteiger partial charge < -0.3 is 5.32 Å². The van der Waals surface area contributed by atoms with Gasteiger partial charge in [-0.25, -0.2) is 4.39 Å². The SMILES string of the molecule is CC(C)(C)c1cncc(NC(=O)c2ccc([N+](=O)[O-])cc2F)c1. The Hall–Kier alpha value is -2.83. The van der Waals surface area contributed by atoms with Gasteiger partial charge in [0.25, 0.3) is 11.6 Å². The van der Waals surface area contributed by atoms with Gasteiger partial charge in [-0.05, 0) is 23.1 Å². The average molecular weight is 317 g/mol. The third kappa shape index (κ3) is 3.88. The number of nitrogens with zero attached hydrogens (tertiary/aromatic N) is 2. The molecule has 0 unspecified atom stereocenters. The van der Waals surface area contributed by atoms with Crippen LogP contribution in [-0.4, -0.2) is 15.8 Å². The number of rotatable bonds is 3. The maximum Gasteiger partial charge on any atom is 0.272 e. The molecule has 0 atom stereocenters. The molecule has 0 aliphatic heterocycles. The number of amides is 1. The van der Waals surface area contributed by atoms with Crippen molar-refractivity contribution in [2.75, 3.05) is 5.32 Å². The summed E-state index contributed by atoms with van der Waals surface area (Å²) in [6.07, 6.45) is 3.15. The molecule has 6 nitrogen and oxygen atoms in total. The highest BCUT2D eigenvalue weighted by atomic mass is 19.1. The van der Waals surface area contributed by atoms with E-state index in [1.807, 2.05) is 20.8 Å².